The summed E-state index contributed by atoms with van der Waals surface area (Å²) in [5, 5.41) is 4.08. The van der Waals surface area contributed by atoms with E-state index in [1.807, 2.05) is 30.5 Å². The van der Waals surface area contributed by atoms with Crippen LogP contribution >= 0.6 is 11.8 Å². The fourth-order valence-corrected chi connectivity index (χ4v) is 2.82. The number of benzene rings is 2. The van der Waals surface area contributed by atoms with Crippen molar-refractivity contribution in [3.63, 3.8) is 0 Å². The molecular weight excluding hydrogens is 346 g/mol. The van der Waals surface area contributed by atoms with Crippen molar-refractivity contribution in [2.75, 3.05) is 13.4 Å². The molecule has 0 aliphatic heterocycles. The molecule has 3 rings (SSSR count). The summed E-state index contributed by atoms with van der Waals surface area (Å²) in [7, 11) is 1.38. The van der Waals surface area contributed by atoms with Gasteiger partial charge in [0.2, 0.25) is 0 Å². The predicted octanol–water partition coefficient (Wildman–Crippen LogP) is 3.91. The molecule has 0 bridgehead atoms. The summed E-state index contributed by atoms with van der Waals surface area (Å²) in [6.45, 7) is 0. The van der Waals surface area contributed by atoms with E-state index in [2.05, 4.69) is 5.10 Å². The molecule has 3 aromatic rings. The number of rotatable bonds is 4. The lowest BCUT2D eigenvalue weighted by Gasteiger charge is -2.11. The summed E-state index contributed by atoms with van der Waals surface area (Å²) in [6.07, 6.45) is 3.44. The van der Waals surface area contributed by atoms with E-state index in [1.54, 1.807) is 11.8 Å². The first-order chi connectivity index (χ1) is 12.0. The SMILES string of the molecule is COc1c(-c2ccc(SC)cc2)cnn(-c2ccc(F)c(F)c2)c1=O. The maximum absolute atomic E-state index is 13.4. The van der Waals surface area contributed by atoms with Crippen LogP contribution in [0.2, 0.25) is 0 Å². The number of aromatic nitrogens is 2. The fraction of sp³-hybridized carbons (Fsp3) is 0.111. The van der Waals surface area contributed by atoms with Crippen LogP contribution in [0.4, 0.5) is 8.78 Å². The topological polar surface area (TPSA) is 44.1 Å². The Balaban J connectivity index is 2.12. The van der Waals surface area contributed by atoms with E-state index < -0.39 is 17.2 Å². The first-order valence-corrected chi connectivity index (χ1v) is 8.54. The highest BCUT2D eigenvalue weighted by molar-refractivity contribution is 7.98. The second kappa shape index (κ2) is 7.06. The summed E-state index contributed by atoms with van der Waals surface area (Å²) in [5.74, 6) is -1.96. The lowest BCUT2D eigenvalue weighted by molar-refractivity contribution is 0.405. The molecule has 0 unspecified atom stereocenters. The molecule has 25 heavy (non-hydrogen) atoms. The monoisotopic (exact) mass is 360 g/mol. The first-order valence-electron chi connectivity index (χ1n) is 7.31. The smallest absolute Gasteiger partial charge is 0.314 e. The van der Waals surface area contributed by atoms with Gasteiger partial charge in [-0.1, -0.05) is 12.1 Å². The molecule has 1 aromatic heterocycles. The molecule has 0 amide bonds. The number of methoxy groups -OCH3 is 1. The van der Waals surface area contributed by atoms with Crippen LogP contribution in [-0.4, -0.2) is 23.1 Å². The minimum Gasteiger partial charge on any atom is -0.491 e. The number of nitrogens with zero attached hydrogens (tertiary/aromatic N) is 2. The number of ether oxygens (including phenoxy) is 1. The minimum absolute atomic E-state index is 0.0802. The summed E-state index contributed by atoms with van der Waals surface area (Å²) in [5.41, 5.74) is 0.863. The van der Waals surface area contributed by atoms with Crippen molar-refractivity contribution >= 4 is 11.8 Å². The van der Waals surface area contributed by atoms with Crippen molar-refractivity contribution in [3.05, 3.63) is 70.6 Å². The van der Waals surface area contributed by atoms with Crippen LogP contribution in [0.15, 0.2) is 58.4 Å². The molecule has 0 N–H and O–H groups in total. The number of halogens is 2. The van der Waals surface area contributed by atoms with Gasteiger partial charge in [-0.15, -0.1) is 11.8 Å². The quantitative estimate of drug-likeness (QED) is 0.662. The normalized spacial score (nSPS) is 10.7. The van der Waals surface area contributed by atoms with Crippen molar-refractivity contribution in [1.29, 1.82) is 0 Å². The van der Waals surface area contributed by atoms with Gasteiger partial charge in [0.25, 0.3) is 0 Å². The molecule has 0 saturated carbocycles. The maximum Gasteiger partial charge on any atom is 0.314 e. The van der Waals surface area contributed by atoms with Crippen LogP contribution < -0.4 is 10.3 Å². The van der Waals surface area contributed by atoms with Gasteiger partial charge >= 0.3 is 5.56 Å². The lowest BCUT2D eigenvalue weighted by atomic mass is 10.1. The van der Waals surface area contributed by atoms with Crippen LogP contribution in [-0.2, 0) is 0 Å². The highest BCUT2D eigenvalue weighted by Gasteiger charge is 2.15. The molecular formula is C18H14F2N2O2S. The lowest BCUT2D eigenvalue weighted by Crippen LogP contribution is -2.23. The highest BCUT2D eigenvalue weighted by atomic mass is 32.2. The minimum atomic E-state index is -1.05. The Morgan fingerprint density at radius 3 is 2.40 bits per heavy atom. The fourth-order valence-electron chi connectivity index (χ4n) is 2.41. The predicted molar refractivity (Wildman–Crippen MR) is 93.5 cm³/mol. The standard InChI is InChI=1S/C18H14F2N2O2S/c1-24-17-14(11-3-6-13(25-2)7-4-11)10-21-22(18(17)23)12-5-8-15(19)16(20)9-12/h3-10H,1-2H3. The third kappa shape index (κ3) is 3.28. The zero-order valence-electron chi connectivity index (χ0n) is 13.5. The van der Waals surface area contributed by atoms with E-state index in [4.69, 9.17) is 4.74 Å². The van der Waals surface area contributed by atoms with Gasteiger partial charge in [0.1, 0.15) is 0 Å². The van der Waals surface area contributed by atoms with E-state index in [9.17, 15) is 13.6 Å². The second-order valence-electron chi connectivity index (χ2n) is 5.14. The molecule has 0 spiro atoms. The maximum atomic E-state index is 13.4. The van der Waals surface area contributed by atoms with Crippen LogP contribution in [0.5, 0.6) is 5.75 Å². The van der Waals surface area contributed by atoms with E-state index in [1.165, 1.54) is 19.4 Å². The van der Waals surface area contributed by atoms with Crippen LogP contribution in [0.1, 0.15) is 0 Å². The number of hydrogen-bond acceptors (Lipinski definition) is 4. The van der Waals surface area contributed by atoms with Crippen molar-refractivity contribution < 1.29 is 13.5 Å². The van der Waals surface area contributed by atoms with Crippen LogP contribution in [0.25, 0.3) is 16.8 Å². The molecule has 4 nitrogen and oxygen atoms in total. The van der Waals surface area contributed by atoms with E-state index in [-0.39, 0.29) is 11.4 Å². The molecule has 0 fully saturated rings. The Hall–Kier alpha value is -2.67. The van der Waals surface area contributed by atoms with Gasteiger partial charge in [0.05, 0.1) is 19.0 Å². The Kier molecular flexibility index (Phi) is 4.85. The van der Waals surface area contributed by atoms with Gasteiger partial charge in [-0.25, -0.2) is 8.78 Å². The molecule has 0 atom stereocenters. The van der Waals surface area contributed by atoms with Gasteiger partial charge in [0.15, 0.2) is 17.4 Å². The Morgan fingerprint density at radius 2 is 1.80 bits per heavy atom. The number of thioether (sulfide) groups is 1. The molecule has 0 radical (unpaired) electrons. The third-order valence-corrected chi connectivity index (χ3v) is 4.43. The van der Waals surface area contributed by atoms with Crippen molar-refractivity contribution in [1.82, 2.24) is 9.78 Å². The zero-order chi connectivity index (χ0) is 18.0. The zero-order valence-corrected chi connectivity index (χ0v) is 14.3. The largest absolute Gasteiger partial charge is 0.491 e. The van der Waals surface area contributed by atoms with Gasteiger partial charge in [-0.2, -0.15) is 9.78 Å². The van der Waals surface area contributed by atoms with Crippen molar-refractivity contribution in [3.8, 4) is 22.6 Å². The second-order valence-corrected chi connectivity index (χ2v) is 6.02. The average molecular weight is 360 g/mol. The van der Waals surface area contributed by atoms with E-state index in [0.29, 0.717) is 5.56 Å². The average Bonchev–Trinajstić information content (AvgIpc) is 2.64. The molecule has 0 aliphatic carbocycles. The van der Waals surface area contributed by atoms with Crippen molar-refractivity contribution in [2.45, 2.75) is 4.90 Å². The molecule has 7 heteroatoms. The molecule has 128 valence electrons. The highest BCUT2D eigenvalue weighted by Crippen LogP contribution is 2.28. The van der Waals surface area contributed by atoms with Gasteiger partial charge in [0, 0.05) is 16.5 Å². The van der Waals surface area contributed by atoms with Gasteiger partial charge in [-0.3, -0.25) is 4.79 Å². The molecule has 0 saturated heterocycles. The van der Waals surface area contributed by atoms with Gasteiger partial charge < -0.3 is 4.74 Å². The molecule has 0 aliphatic rings. The van der Waals surface area contributed by atoms with Crippen LogP contribution in [0.3, 0.4) is 0 Å². The molecule has 2 aromatic carbocycles. The van der Waals surface area contributed by atoms with E-state index >= 15 is 0 Å². The first kappa shape index (κ1) is 17.2. The van der Waals surface area contributed by atoms with Gasteiger partial charge in [-0.05, 0) is 36.1 Å². The number of hydrogen-bond donors (Lipinski definition) is 0. The summed E-state index contributed by atoms with van der Waals surface area (Å²) in [6, 6.07) is 10.7. The summed E-state index contributed by atoms with van der Waals surface area (Å²) >= 11 is 1.61. The Morgan fingerprint density at radius 1 is 1.08 bits per heavy atom. The Labute approximate surface area is 147 Å². The summed E-state index contributed by atoms with van der Waals surface area (Å²) < 4.78 is 32.8. The van der Waals surface area contributed by atoms with Crippen molar-refractivity contribution in [2.24, 2.45) is 0 Å². The molecule has 1 heterocycles. The van der Waals surface area contributed by atoms with Crippen LogP contribution in [0, 0.1) is 11.6 Å². The van der Waals surface area contributed by atoms with E-state index in [0.717, 1.165) is 27.3 Å². The summed E-state index contributed by atoms with van der Waals surface area (Å²) in [4.78, 5) is 13.8. The third-order valence-electron chi connectivity index (χ3n) is 3.69. The Bertz CT molecular complexity index is 972.